The maximum absolute atomic E-state index is 10.1. The van der Waals surface area contributed by atoms with Crippen molar-refractivity contribution < 1.29 is 9.84 Å². The summed E-state index contributed by atoms with van der Waals surface area (Å²) in [5.74, 6) is 6.82. The quantitative estimate of drug-likeness (QED) is 0.730. The van der Waals surface area contributed by atoms with Gasteiger partial charge < -0.3 is 9.84 Å². The first kappa shape index (κ1) is 11.0. The molecule has 1 aliphatic carbocycles. The Morgan fingerprint density at radius 1 is 1.19 bits per heavy atom. The predicted octanol–water partition coefficient (Wildman–Crippen LogP) is 2.35. The zero-order chi connectivity index (χ0) is 11.4. The van der Waals surface area contributed by atoms with Crippen molar-refractivity contribution in [1.29, 1.82) is 0 Å². The summed E-state index contributed by atoms with van der Waals surface area (Å²) in [6.07, 6.45) is 3.76. The van der Waals surface area contributed by atoms with Crippen LogP contribution in [0.25, 0.3) is 0 Å². The van der Waals surface area contributed by atoms with E-state index in [1.54, 1.807) is 7.11 Å². The van der Waals surface area contributed by atoms with Gasteiger partial charge in [-0.25, -0.2) is 0 Å². The van der Waals surface area contributed by atoms with Gasteiger partial charge in [0.1, 0.15) is 11.4 Å². The molecule has 1 N–H and O–H groups in total. The van der Waals surface area contributed by atoms with Crippen molar-refractivity contribution in [1.82, 2.24) is 0 Å². The number of hydrogen-bond acceptors (Lipinski definition) is 2. The number of aliphatic hydroxyl groups is 1. The summed E-state index contributed by atoms with van der Waals surface area (Å²) in [6, 6.07) is 7.57. The maximum Gasteiger partial charge on any atom is 0.125 e. The SMILES string of the molecule is COc1ccc(C#CC2(O)CCCC2)cc1. The van der Waals surface area contributed by atoms with Crippen molar-refractivity contribution >= 4 is 0 Å². The van der Waals surface area contributed by atoms with Gasteiger partial charge in [-0.2, -0.15) is 0 Å². The highest BCUT2D eigenvalue weighted by molar-refractivity contribution is 5.39. The zero-order valence-corrected chi connectivity index (χ0v) is 9.49. The lowest BCUT2D eigenvalue weighted by molar-refractivity contribution is 0.110. The fraction of sp³-hybridized carbons (Fsp3) is 0.429. The van der Waals surface area contributed by atoms with Crippen molar-refractivity contribution in [2.75, 3.05) is 7.11 Å². The number of hydrogen-bond donors (Lipinski definition) is 1. The molecule has 1 aliphatic rings. The van der Waals surface area contributed by atoms with E-state index in [0.717, 1.165) is 37.0 Å². The number of ether oxygens (including phenoxy) is 1. The molecule has 1 aromatic rings. The highest BCUT2D eigenvalue weighted by Gasteiger charge is 2.28. The molecule has 2 heteroatoms. The minimum Gasteiger partial charge on any atom is -0.497 e. The topological polar surface area (TPSA) is 29.5 Å². The van der Waals surface area contributed by atoms with Crippen molar-refractivity contribution in [2.45, 2.75) is 31.3 Å². The van der Waals surface area contributed by atoms with Crippen LogP contribution in [0.1, 0.15) is 31.2 Å². The van der Waals surface area contributed by atoms with Gasteiger partial charge in [-0.05, 0) is 49.9 Å². The second kappa shape index (κ2) is 4.59. The van der Waals surface area contributed by atoms with Gasteiger partial charge in [-0.3, -0.25) is 0 Å². The van der Waals surface area contributed by atoms with Crippen molar-refractivity contribution in [3.05, 3.63) is 29.8 Å². The molecule has 0 spiro atoms. The summed E-state index contributed by atoms with van der Waals surface area (Å²) in [5.41, 5.74) is 0.168. The van der Waals surface area contributed by atoms with E-state index in [1.807, 2.05) is 24.3 Å². The maximum atomic E-state index is 10.1. The standard InChI is InChI=1S/C14H16O2/c1-16-13-6-4-12(5-7-13)8-11-14(15)9-2-3-10-14/h4-7,15H,2-3,9-10H2,1H3. The fourth-order valence-electron chi connectivity index (χ4n) is 1.95. The Morgan fingerprint density at radius 3 is 2.38 bits per heavy atom. The smallest absolute Gasteiger partial charge is 0.125 e. The molecule has 1 saturated carbocycles. The third-order valence-electron chi connectivity index (χ3n) is 2.96. The predicted molar refractivity (Wildman–Crippen MR) is 63.3 cm³/mol. The van der Waals surface area contributed by atoms with Gasteiger partial charge in [-0.15, -0.1) is 0 Å². The highest BCUT2D eigenvalue weighted by Crippen LogP contribution is 2.28. The average Bonchev–Trinajstić information content (AvgIpc) is 2.75. The zero-order valence-electron chi connectivity index (χ0n) is 9.49. The van der Waals surface area contributed by atoms with Gasteiger partial charge >= 0.3 is 0 Å². The van der Waals surface area contributed by atoms with E-state index in [1.165, 1.54) is 0 Å². The molecule has 1 aromatic carbocycles. The molecule has 0 bridgehead atoms. The second-order valence-corrected chi connectivity index (χ2v) is 4.22. The highest BCUT2D eigenvalue weighted by atomic mass is 16.5. The molecular weight excluding hydrogens is 200 g/mol. The summed E-state index contributed by atoms with van der Waals surface area (Å²) >= 11 is 0. The third-order valence-corrected chi connectivity index (χ3v) is 2.96. The Bertz CT molecular complexity index is 403. The molecule has 0 aromatic heterocycles. The van der Waals surface area contributed by atoms with Gasteiger partial charge in [0.05, 0.1) is 7.11 Å². The minimum absolute atomic E-state index is 0.750. The molecule has 0 heterocycles. The van der Waals surface area contributed by atoms with Crippen LogP contribution in [0.15, 0.2) is 24.3 Å². The van der Waals surface area contributed by atoms with Crippen LogP contribution < -0.4 is 4.74 Å². The summed E-state index contributed by atoms with van der Waals surface area (Å²) in [7, 11) is 1.64. The number of methoxy groups -OCH3 is 1. The normalized spacial score (nSPS) is 17.6. The van der Waals surface area contributed by atoms with Gasteiger partial charge in [0.25, 0.3) is 0 Å². The molecule has 0 aliphatic heterocycles. The first-order valence-electron chi connectivity index (χ1n) is 5.61. The van der Waals surface area contributed by atoms with E-state index in [0.29, 0.717) is 0 Å². The van der Waals surface area contributed by atoms with E-state index >= 15 is 0 Å². The van der Waals surface area contributed by atoms with Crippen LogP contribution in [0.3, 0.4) is 0 Å². The average molecular weight is 216 g/mol. The molecule has 84 valence electrons. The van der Waals surface area contributed by atoms with E-state index in [4.69, 9.17) is 4.74 Å². The summed E-state index contributed by atoms with van der Waals surface area (Å²) in [5, 5.41) is 10.1. The van der Waals surface area contributed by atoms with Gasteiger partial charge in [0.15, 0.2) is 0 Å². The summed E-state index contributed by atoms with van der Waals surface area (Å²) in [6.45, 7) is 0. The van der Waals surface area contributed by atoms with Crippen LogP contribution in [0.5, 0.6) is 5.75 Å². The van der Waals surface area contributed by atoms with E-state index in [2.05, 4.69) is 11.8 Å². The molecule has 16 heavy (non-hydrogen) atoms. The Labute approximate surface area is 96.3 Å². The van der Waals surface area contributed by atoms with Crippen molar-refractivity contribution in [3.63, 3.8) is 0 Å². The molecule has 0 unspecified atom stereocenters. The van der Waals surface area contributed by atoms with Crippen LogP contribution >= 0.6 is 0 Å². The van der Waals surface area contributed by atoms with E-state index in [9.17, 15) is 5.11 Å². The largest absolute Gasteiger partial charge is 0.497 e. The van der Waals surface area contributed by atoms with Crippen molar-refractivity contribution in [2.24, 2.45) is 0 Å². The van der Waals surface area contributed by atoms with Gasteiger partial charge in [0, 0.05) is 5.56 Å². The summed E-state index contributed by atoms with van der Waals surface area (Å²) in [4.78, 5) is 0. The van der Waals surface area contributed by atoms with Crippen molar-refractivity contribution in [3.8, 4) is 17.6 Å². The lowest BCUT2D eigenvalue weighted by atomic mass is 10.0. The molecule has 0 saturated heterocycles. The minimum atomic E-state index is -0.750. The van der Waals surface area contributed by atoms with E-state index in [-0.39, 0.29) is 0 Å². The van der Waals surface area contributed by atoms with Gasteiger partial charge in [0.2, 0.25) is 0 Å². The van der Waals surface area contributed by atoms with Crippen LogP contribution in [0.2, 0.25) is 0 Å². The first-order chi connectivity index (χ1) is 7.72. The Morgan fingerprint density at radius 2 is 1.81 bits per heavy atom. The second-order valence-electron chi connectivity index (χ2n) is 4.22. The molecule has 0 amide bonds. The molecule has 2 nitrogen and oxygen atoms in total. The Balaban J connectivity index is 2.11. The third kappa shape index (κ3) is 2.56. The Hall–Kier alpha value is -1.46. The Kier molecular flexibility index (Phi) is 3.17. The first-order valence-corrected chi connectivity index (χ1v) is 5.61. The van der Waals surface area contributed by atoms with E-state index < -0.39 is 5.60 Å². The number of benzene rings is 1. The molecular formula is C14H16O2. The molecule has 2 rings (SSSR count). The molecule has 0 radical (unpaired) electrons. The summed E-state index contributed by atoms with van der Waals surface area (Å²) < 4.78 is 5.07. The lowest BCUT2D eigenvalue weighted by Crippen LogP contribution is -2.20. The van der Waals surface area contributed by atoms with Crippen LogP contribution in [0.4, 0.5) is 0 Å². The molecule has 0 atom stereocenters. The van der Waals surface area contributed by atoms with Crippen LogP contribution in [0, 0.1) is 11.8 Å². The van der Waals surface area contributed by atoms with Gasteiger partial charge in [-0.1, -0.05) is 11.8 Å². The monoisotopic (exact) mass is 216 g/mol. The van der Waals surface area contributed by atoms with Crippen LogP contribution in [-0.2, 0) is 0 Å². The lowest BCUT2D eigenvalue weighted by Gasteiger charge is -2.12. The van der Waals surface area contributed by atoms with Crippen LogP contribution in [-0.4, -0.2) is 17.8 Å². The fourth-order valence-corrected chi connectivity index (χ4v) is 1.95. The number of rotatable bonds is 1. The molecule has 1 fully saturated rings.